The van der Waals surface area contributed by atoms with Crippen molar-refractivity contribution in [3.05, 3.63) is 24.5 Å². The van der Waals surface area contributed by atoms with Crippen LogP contribution in [0.4, 0.5) is 0 Å². The van der Waals surface area contributed by atoms with E-state index in [4.69, 9.17) is 4.74 Å². The summed E-state index contributed by atoms with van der Waals surface area (Å²) < 4.78 is 6.59. The van der Waals surface area contributed by atoms with Gasteiger partial charge in [0.25, 0.3) is 0 Å². The molecule has 4 nitrogen and oxygen atoms in total. The third-order valence-corrected chi connectivity index (χ3v) is 1.19. The lowest BCUT2D eigenvalue weighted by molar-refractivity contribution is 0.181. The van der Waals surface area contributed by atoms with Crippen LogP contribution in [-0.4, -0.2) is 22.1 Å². The van der Waals surface area contributed by atoms with Gasteiger partial charge >= 0.3 is 0 Å². The van der Waals surface area contributed by atoms with Crippen LogP contribution >= 0.6 is 0 Å². The molecule has 1 aromatic heterocycles. The minimum atomic E-state index is 0.511. The molecule has 0 atom stereocenters. The molecular weight excluding hydrogens is 142 g/mol. The smallest absolute Gasteiger partial charge is 0.108 e. The highest BCUT2D eigenvalue weighted by Gasteiger charge is 1.96. The van der Waals surface area contributed by atoms with E-state index in [1.54, 1.807) is 17.9 Å². The summed E-state index contributed by atoms with van der Waals surface area (Å²) in [6.07, 6.45) is 3.61. The Morgan fingerprint density at radius 1 is 1.82 bits per heavy atom. The van der Waals surface area contributed by atoms with Crippen molar-refractivity contribution in [2.24, 2.45) is 0 Å². The predicted molar refractivity (Wildman–Crippen MR) is 40.9 cm³/mol. The van der Waals surface area contributed by atoms with Gasteiger partial charge in [0.15, 0.2) is 0 Å². The summed E-state index contributed by atoms with van der Waals surface area (Å²) in [6, 6.07) is 0. The predicted octanol–water partition coefficient (Wildman–Crippen LogP) is 0.610. The normalized spacial score (nSPS) is 9.91. The van der Waals surface area contributed by atoms with Gasteiger partial charge in [0.2, 0.25) is 0 Å². The molecule has 0 unspecified atom stereocenters. The van der Waals surface area contributed by atoms with Crippen LogP contribution < -0.4 is 0 Å². The second-order valence-electron chi connectivity index (χ2n) is 2.15. The molecule has 0 aliphatic carbocycles. The molecule has 1 rings (SSSR count). The number of hydrogen-bond donors (Lipinski definition) is 0. The maximum absolute atomic E-state index is 4.88. The third-order valence-electron chi connectivity index (χ3n) is 1.19. The summed E-state index contributed by atoms with van der Waals surface area (Å²) in [5, 5.41) is 7.70. The van der Waals surface area contributed by atoms with Crippen molar-refractivity contribution in [3.63, 3.8) is 0 Å². The molecule has 0 aromatic carbocycles. The van der Waals surface area contributed by atoms with Gasteiger partial charge in [-0.05, 0) is 0 Å². The zero-order valence-corrected chi connectivity index (χ0v) is 6.53. The number of methoxy groups -OCH3 is 1. The molecule has 0 fully saturated rings. The number of rotatable bonds is 4. The van der Waals surface area contributed by atoms with E-state index in [0.29, 0.717) is 13.2 Å². The fourth-order valence-corrected chi connectivity index (χ4v) is 0.774. The van der Waals surface area contributed by atoms with Crippen LogP contribution in [0.25, 0.3) is 0 Å². The Morgan fingerprint density at radius 2 is 2.64 bits per heavy atom. The summed E-state index contributed by atoms with van der Waals surface area (Å²) >= 11 is 0. The first-order valence-corrected chi connectivity index (χ1v) is 3.35. The SMILES string of the molecule is C=CCn1cc(COC)nn1. The molecule has 0 spiro atoms. The van der Waals surface area contributed by atoms with Crippen LogP contribution in [0.1, 0.15) is 5.69 Å². The van der Waals surface area contributed by atoms with Crippen molar-refractivity contribution in [1.82, 2.24) is 15.0 Å². The Balaban J connectivity index is 2.57. The minimum Gasteiger partial charge on any atom is -0.378 e. The standard InChI is InChI=1S/C7H11N3O/c1-3-4-10-5-7(6-11-2)8-9-10/h3,5H,1,4,6H2,2H3. The van der Waals surface area contributed by atoms with Crippen molar-refractivity contribution >= 4 is 0 Å². The lowest BCUT2D eigenvalue weighted by Gasteiger charge is -1.90. The van der Waals surface area contributed by atoms with Crippen LogP contribution in [0.5, 0.6) is 0 Å². The molecule has 0 radical (unpaired) electrons. The highest BCUT2D eigenvalue weighted by atomic mass is 16.5. The maximum Gasteiger partial charge on any atom is 0.108 e. The molecule has 0 saturated carbocycles. The van der Waals surface area contributed by atoms with E-state index < -0.39 is 0 Å². The summed E-state index contributed by atoms with van der Waals surface area (Å²) in [5.41, 5.74) is 0.842. The molecule has 0 saturated heterocycles. The first kappa shape index (κ1) is 7.94. The Morgan fingerprint density at radius 3 is 3.27 bits per heavy atom. The fourth-order valence-electron chi connectivity index (χ4n) is 0.774. The quantitative estimate of drug-likeness (QED) is 0.595. The first-order valence-electron chi connectivity index (χ1n) is 3.35. The van der Waals surface area contributed by atoms with Gasteiger partial charge in [-0.1, -0.05) is 11.3 Å². The molecule has 11 heavy (non-hydrogen) atoms. The van der Waals surface area contributed by atoms with E-state index >= 15 is 0 Å². The Hall–Kier alpha value is -1.16. The van der Waals surface area contributed by atoms with Crippen molar-refractivity contribution < 1.29 is 4.74 Å². The number of aromatic nitrogens is 3. The van der Waals surface area contributed by atoms with Gasteiger partial charge in [0.05, 0.1) is 19.3 Å². The topological polar surface area (TPSA) is 39.9 Å². The molecule has 0 amide bonds. The summed E-state index contributed by atoms with van der Waals surface area (Å²) in [7, 11) is 1.63. The lowest BCUT2D eigenvalue weighted by atomic mass is 10.5. The largest absolute Gasteiger partial charge is 0.378 e. The lowest BCUT2D eigenvalue weighted by Crippen LogP contribution is -1.94. The molecule has 1 aromatic rings. The number of ether oxygens (including phenoxy) is 1. The Labute approximate surface area is 65.5 Å². The van der Waals surface area contributed by atoms with Crippen LogP contribution in [0.2, 0.25) is 0 Å². The molecule has 0 bridgehead atoms. The van der Waals surface area contributed by atoms with E-state index in [0.717, 1.165) is 5.69 Å². The summed E-state index contributed by atoms with van der Waals surface area (Å²) in [4.78, 5) is 0. The fraction of sp³-hybridized carbons (Fsp3) is 0.429. The molecule has 0 aliphatic heterocycles. The average Bonchev–Trinajstić information content (AvgIpc) is 2.38. The number of nitrogens with zero attached hydrogens (tertiary/aromatic N) is 3. The van der Waals surface area contributed by atoms with E-state index in [2.05, 4.69) is 16.9 Å². The van der Waals surface area contributed by atoms with Crippen molar-refractivity contribution in [3.8, 4) is 0 Å². The monoisotopic (exact) mass is 153 g/mol. The molecule has 60 valence electrons. The van der Waals surface area contributed by atoms with Crippen molar-refractivity contribution in [2.45, 2.75) is 13.2 Å². The second kappa shape index (κ2) is 3.88. The second-order valence-corrected chi connectivity index (χ2v) is 2.15. The highest BCUT2D eigenvalue weighted by molar-refractivity contribution is 4.90. The van der Waals surface area contributed by atoms with E-state index in [-0.39, 0.29) is 0 Å². The Kier molecular flexibility index (Phi) is 2.80. The number of allylic oxidation sites excluding steroid dienone is 1. The number of hydrogen-bond acceptors (Lipinski definition) is 3. The molecule has 1 heterocycles. The molecular formula is C7H11N3O. The highest BCUT2D eigenvalue weighted by Crippen LogP contribution is 1.94. The Bertz CT molecular complexity index is 231. The summed E-state index contributed by atoms with van der Waals surface area (Å²) in [6.45, 7) is 4.79. The molecule has 0 aliphatic rings. The van der Waals surface area contributed by atoms with Gasteiger partial charge in [-0.3, -0.25) is 0 Å². The zero-order chi connectivity index (χ0) is 8.10. The third kappa shape index (κ3) is 2.16. The first-order chi connectivity index (χ1) is 5.36. The van der Waals surface area contributed by atoms with E-state index in [1.807, 2.05) is 6.20 Å². The minimum absolute atomic E-state index is 0.511. The molecule has 0 N–H and O–H groups in total. The van der Waals surface area contributed by atoms with Gasteiger partial charge in [0.1, 0.15) is 5.69 Å². The van der Waals surface area contributed by atoms with Gasteiger partial charge in [-0.2, -0.15) is 0 Å². The van der Waals surface area contributed by atoms with Crippen LogP contribution in [0, 0.1) is 0 Å². The van der Waals surface area contributed by atoms with Gasteiger partial charge < -0.3 is 4.74 Å². The summed E-state index contributed by atoms with van der Waals surface area (Å²) in [5.74, 6) is 0. The van der Waals surface area contributed by atoms with Gasteiger partial charge in [-0.15, -0.1) is 11.7 Å². The van der Waals surface area contributed by atoms with Gasteiger partial charge in [0, 0.05) is 7.11 Å². The van der Waals surface area contributed by atoms with Crippen LogP contribution in [0.15, 0.2) is 18.9 Å². The maximum atomic E-state index is 4.88. The van der Waals surface area contributed by atoms with Crippen molar-refractivity contribution in [1.29, 1.82) is 0 Å². The van der Waals surface area contributed by atoms with Gasteiger partial charge in [-0.25, -0.2) is 4.68 Å². The zero-order valence-electron chi connectivity index (χ0n) is 6.53. The van der Waals surface area contributed by atoms with Crippen LogP contribution in [-0.2, 0) is 17.9 Å². The average molecular weight is 153 g/mol. The van der Waals surface area contributed by atoms with E-state index in [1.165, 1.54) is 0 Å². The van der Waals surface area contributed by atoms with Crippen LogP contribution in [0.3, 0.4) is 0 Å². The molecule has 4 heteroatoms. The van der Waals surface area contributed by atoms with Crippen molar-refractivity contribution in [2.75, 3.05) is 7.11 Å². The van der Waals surface area contributed by atoms with E-state index in [9.17, 15) is 0 Å².